The van der Waals surface area contributed by atoms with Gasteiger partial charge in [0, 0.05) is 18.8 Å². The number of fused-ring (bicyclic) bond motifs is 3. The van der Waals surface area contributed by atoms with Gasteiger partial charge in [-0.1, -0.05) is 12.1 Å². The molecular weight excluding hydrogens is 320 g/mol. The van der Waals surface area contributed by atoms with Gasteiger partial charge in [-0.25, -0.2) is 4.98 Å². The largest absolute Gasteiger partial charge is 0.346 e. The van der Waals surface area contributed by atoms with E-state index in [1.807, 2.05) is 12.1 Å². The van der Waals surface area contributed by atoms with Gasteiger partial charge in [-0.3, -0.25) is 4.79 Å². The number of nitrogens with zero attached hydrogens (tertiary/aromatic N) is 3. The molecule has 5 rings (SSSR count). The van der Waals surface area contributed by atoms with E-state index in [4.69, 9.17) is 5.26 Å². The third kappa shape index (κ3) is 2.93. The maximum Gasteiger partial charge on any atom is 0.280 e. The highest BCUT2D eigenvalue weighted by atomic mass is 32.1. The first kappa shape index (κ1) is 15.3. The lowest BCUT2D eigenvalue weighted by atomic mass is 9.84. The summed E-state index contributed by atoms with van der Waals surface area (Å²) in [6.07, 6.45) is 4.09. The van der Waals surface area contributed by atoms with Gasteiger partial charge >= 0.3 is 0 Å². The van der Waals surface area contributed by atoms with Crippen LogP contribution in [0.4, 0.5) is 0 Å². The number of benzene rings is 1. The van der Waals surface area contributed by atoms with Gasteiger partial charge in [-0.15, -0.1) is 11.3 Å². The molecule has 0 saturated carbocycles. The molecule has 6 heteroatoms. The number of hydrogen-bond acceptors (Lipinski definition) is 5. The fourth-order valence-corrected chi connectivity index (χ4v) is 4.40. The van der Waals surface area contributed by atoms with E-state index in [-0.39, 0.29) is 11.9 Å². The van der Waals surface area contributed by atoms with Crippen molar-refractivity contribution in [1.29, 1.82) is 5.26 Å². The zero-order chi connectivity index (χ0) is 16.5. The number of thiazole rings is 1. The summed E-state index contributed by atoms with van der Waals surface area (Å²) in [4.78, 5) is 20.2. The van der Waals surface area contributed by atoms with Gasteiger partial charge < -0.3 is 10.2 Å². The lowest BCUT2D eigenvalue weighted by molar-refractivity contribution is 0.0620. The Morgan fingerprint density at radius 3 is 2.67 bits per heavy atom. The summed E-state index contributed by atoms with van der Waals surface area (Å²) in [5.41, 5.74) is 1.61. The van der Waals surface area contributed by atoms with Gasteiger partial charge in [-0.05, 0) is 49.5 Å². The van der Waals surface area contributed by atoms with Gasteiger partial charge in [-0.2, -0.15) is 5.26 Å². The van der Waals surface area contributed by atoms with E-state index in [0.29, 0.717) is 16.5 Å². The molecular formula is C18H18N4OS. The molecule has 4 heterocycles. The number of nitriles is 1. The molecule has 0 radical (unpaired) electrons. The second kappa shape index (κ2) is 6.34. The van der Waals surface area contributed by atoms with Crippen LogP contribution in [0.1, 0.15) is 28.2 Å². The Balaban J connectivity index is 1.46. The minimum Gasteiger partial charge on any atom is -0.346 e. The van der Waals surface area contributed by atoms with Gasteiger partial charge in [0.2, 0.25) is 0 Å². The molecule has 1 N–H and O–H groups in total. The smallest absolute Gasteiger partial charge is 0.280 e. The van der Waals surface area contributed by atoms with Crippen molar-refractivity contribution in [2.75, 3.05) is 19.6 Å². The van der Waals surface area contributed by atoms with Crippen molar-refractivity contribution < 1.29 is 4.79 Å². The lowest BCUT2D eigenvalue weighted by Crippen LogP contribution is -2.57. The van der Waals surface area contributed by atoms with Crippen LogP contribution < -0.4 is 5.32 Å². The van der Waals surface area contributed by atoms with Crippen LogP contribution in [-0.2, 0) is 0 Å². The standard InChI is InChI=1S/C18H18N4OS/c19-9-12-1-3-14(4-2-12)16-10-20-18(24-16)17(23)21-15-11-22-7-5-13(15)6-8-22/h1-4,10,13,15H,5-8,11H2,(H,21,23)/t15-/m0/s1. The van der Waals surface area contributed by atoms with Gasteiger partial charge in [0.1, 0.15) is 0 Å². The third-order valence-corrected chi connectivity index (χ3v) is 6.02. The highest BCUT2D eigenvalue weighted by molar-refractivity contribution is 7.16. The average Bonchev–Trinajstić information content (AvgIpc) is 3.13. The van der Waals surface area contributed by atoms with Crippen LogP contribution in [0.3, 0.4) is 0 Å². The number of rotatable bonds is 3. The van der Waals surface area contributed by atoms with Gasteiger partial charge in [0.15, 0.2) is 5.01 Å². The van der Waals surface area contributed by atoms with Crippen LogP contribution in [0.15, 0.2) is 30.5 Å². The topological polar surface area (TPSA) is 69.0 Å². The molecule has 3 fully saturated rings. The molecule has 3 aliphatic rings. The molecule has 0 unspecified atom stereocenters. The van der Waals surface area contributed by atoms with Crippen molar-refractivity contribution in [3.05, 3.63) is 41.0 Å². The van der Waals surface area contributed by atoms with E-state index in [9.17, 15) is 4.79 Å². The molecule has 1 aromatic heterocycles. The maximum atomic E-state index is 12.5. The second-order valence-electron chi connectivity index (χ2n) is 6.44. The molecule has 122 valence electrons. The summed E-state index contributed by atoms with van der Waals surface area (Å²) < 4.78 is 0. The highest BCUT2D eigenvalue weighted by Crippen LogP contribution is 2.29. The van der Waals surface area contributed by atoms with Crippen molar-refractivity contribution in [1.82, 2.24) is 15.2 Å². The van der Waals surface area contributed by atoms with Crippen molar-refractivity contribution in [2.45, 2.75) is 18.9 Å². The second-order valence-corrected chi connectivity index (χ2v) is 7.47. The Kier molecular flexibility index (Phi) is 4.05. The van der Waals surface area contributed by atoms with Gasteiger partial charge in [0.05, 0.1) is 16.5 Å². The first-order valence-corrected chi connectivity index (χ1v) is 9.04. The Morgan fingerprint density at radius 2 is 2.04 bits per heavy atom. The van der Waals surface area contributed by atoms with Crippen molar-refractivity contribution in [3.8, 4) is 16.5 Å². The van der Waals surface area contributed by atoms with Crippen molar-refractivity contribution in [2.24, 2.45) is 5.92 Å². The molecule has 3 aliphatic heterocycles. The summed E-state index contributed by atoms with van der Waals surface area (Å²) in [7, 11) is 0. The van der Waals surface area contributed by atoms with Crippen LogP contribution in [0.25, 0.3) is 10.4 Å². The fraction of sp³-hybridized carbons (Fsp3) is 0.389. The molecule has 0 spiro atoms. The third-order valence-electron chi connectivity index (χ3n) is 4.97. The average molecular weight is 338 g/mol. The van der Waals surface area contributed by atoms with Crippen LogP contribution in [-0.4, -0.2) is 41.5 Å². The Hall–Kier alpha value is -2.23. The Labute approximate surface area is 144 Å². The van der Waals surface area contributed by atoms with E-state index < -0.39 is 0 Å². The molecule has 1 aromatic carbocycles. The fourth-order valence-electron chi connectivity index (χ4n) is 3.58. The summed E-state index contributed by atoms with van der Waals surface area (Å²) in [6, 6.07) is 9.70. The minimum absolute atomic E-state index is 0.0707. The highest BCUT2D eigenvalue weighted by Gasteiger charge is 2.35. The summed E-state index contributed by atoms with van der Waals surface area (Å²) in [5.74, 6) is 0.538. The Morgan fingerprint density at radius 1 is 1.29 bits per heavy atom. The number of nitrogens with one attached hydrogen (secondary N) is 1. The summed E-state index contributed by atoms with van der Waals surface area (Å²) in [6.45, 7) is 3.29. The first-order valence-electron chi connectivity index (χ1n) is 8.22. The normalized spacial score (nSPS) is 25.2. The van der Waals surface area contributed by atoms with E-state index >= 15 is 0 Å². The lowest BCUT2D eigenvalue weighted by Gasteiger charge is -2.44. The number of amides is 1. The molecule has 2 aromatic rings. The van der Waals surface area contributed by atoms with E-state index in [2.05, 4.69) is 21.3 Å². The van der Waals surface area contributed by atoms with Crippen molar-refractivity contribution in [3.63, 3.8) is 0 Å². The Bertz CT molecular complexity index is 784. The number of carbonyl (C=O) groups excluding carboxylic acids is 1. The molecule has 0 aliphatic carbocycles. The predicted molar refractivity (Wildman–Crippen MR) is 92.7 cm³/mol. The molecule has 3 saturated heterocycles. The predicted octanol–water partition coefficient (Wildman–Crippen LogP) is 2.51. The van der Waals surface area contributed by atoms with E-state index in [1.165, 1.54) is 24.2 Å². The van der Waals surface area contributed by atoms with Crippen molar-refractivity contribution >= 4 is 17.2 Å². The molecule has 24 heavy (non-hydrogen) atoms. The number of hydrogen-bond donors (Lipinski definition) is 1. The molecule has 5 nitrogen and oxygen atoms in total. The van der Waals surface area contributed by atoms with Crippen LogP contribution in [0, 0.1) is 17.2 Å². The van der Waals surface area contributed by atoms with E-state index in [1.54, 1.807) is 18.3 Å². The molecule has 2 bridgehead atoms. The number of carbonyl (C=O) groups is 1. The zero-order valence-corrected chi connectivity index (χ0v) is 14.1. The summed E-state index contributed by atoms with van der Waals surface area (Å²) in [5, 5.41) is 12.5. The van der Waals surface area contributed by atoms with Crippen LogP contribution in [0.5, 0.6) is 0 Å². The number of aromatic nitrogens is 1. The monoisotopic (exact) mass is 338 g/mol. The first-order chi connectivity index (χ1) is 11.7. The van der Waals surface area contributed by atoms with E-state index in [0.717, 1.165) is 30.1 Å². The SMILES string of the molecule is N#Cc1ccc(-c2cnc(C(=O)N[C@H]3CN4CCC3CC4)s2)cc1. The molecule has 1 atom stereocenters. The maximum absolute atomic E-state index is 12.5. The molecule has 1 amide bonds. The number of piperidine rings is 3. The zero-order valence-electron chi connectivity index (χ0n) is 13.2. The summed E-state index contributed by atoms with van der Waals surface area (Å²) >= 11 is 1.40. The van der Waals surface area contributed by atoms with Crippen LogP contribution >= 0.6 is 11.3 Å². The van der Waals surface area contributed by atoms with Crippen LogP contribution in [0.2, 0.25) is 0 Å². The van der Waals surface area contributed by atoms with Gasteiger partial charge in [0.25, 0.3) is 5.91 Å². The quantitative estimate of drug-likeness (QED) is 0.933. The minimum atomic E-state index is -0.0707.